The van der Waals surface area contributed by atoms with Crippen molar-refractivity contribution in [1.82, 2.24) is 24.8 Å². The number of carbonyl (C=O) groups excluding carboxylic acids is 1. The third kappa shape index (κ3) is 4.25. The fourth-order valence-electron chi connectivity index (χ4n) is 4.08. The Morgan fingerprint density at radius 3 is 2.86 bits per heavy atom. The minimum absolute atomic E-state index is 0.0439. The van der Waals surface area contributed by atoms with Gasteiger partial charge in [0.2, 0.25) is 0 Å². The van der Waals surface area contributed by atoms with Gasteiger partial charge < -0.3 is 9.64 Å². The monoisotopic (exact) mass is 383 g/mol. The number of ether oxygens (including phenoxy) is 1. The van der Waals surface area contributed by atoms with Crippen molar-refractivity contribution < 1.29 is 9.53 Å². The quantitative estimate of drug-likeness (QED) is 0.810. The molecular weight excluding hydrogens is 354 g/mol. The van der Waals surface area contributed by atoms with E-state index in [0.29, 0.717) is 32.0 Å². The number of hydrogen-bond acceptors (Lipinski definition) is 5. The number of aryl methyl sites for hydroxylation is 2. The van der Waals surface area contributed by atoms with E-state index in [1.807, 2.05) is 10.9 Å². The van der Waals surface area contributed by atoms with Crippen LogP contribution in [0.15, 0.2) is 24.4 Å². The first-order valence-corrected chi connectivity index (χ1v) is 10.2. The van der Waals surface area contributed by atoms with Gasteiger partial charge >= 0.3 is 0 Å². The number of morpholine rings is 1. The zero-order valence-corrected chi connectivity index (χ0v) is 16.8. The molecule has 0 radical (unpaired) electrons. The van der Waals surface area contributed by atoms with Crippen LogP contribution >= 0.6 is 0 Å². The van der Waals surface area contributed by atoms with Gasteiger partial charge in [0.25, 0.3) is 5.91 Å². The molecule has 2 aliphatic heterocycles. The van der Waals surface area contributed by atoms with E-state index in [9.17, 15) is 4.79 Å². The first-order valence-electron chi connectivity index (χ1n) is 10.2. The smallest absolute Gasteiger partial charge is 0.276 e. The summed E-state index contributed by atoms with van der Waals surface area (Å²) in [6, 6.07) is 6.92. The summed E-state index contributed by atoms with van der Waals surface area (Å²) in [6.45, 7) is 9.74. The molecule has 0 spiro atoms. The second kappa shape index (κ2) is 8.41. The van der Waals surface area contributed by atoms with Crippen LogP contribution in [0.5, 0.6) is 0 Å². The minimum Gasteiger partial charge on any atom is -0.378 e. The highest BCUT2D eigenvalue weighted by Gasteiger charge is 2.26. The van der Waals surface area contributed by atoms with E-state index in [1.54, 1.807) is 4.90 Å². The van der Waals surface area contributed by atoms with Gasteiger partial charge in [-0.3, -0.25) is 9.69 Å². The van der Waals surface area contributed by atoms with Crippen molar-refractivity contribution in [2.45, 2.75) is 39.3 Å². The minimum atomic E-state index is -0.0439. The Morgan fingerprint density at radius 2 is 2.04 bits per heavy atom. The topological polar surface area (TPSA) is 63.5 Å². The average Bonchev–Trinajstić information content (AvgIpc) is 3.21. The van der Waals surface area contributed by atoms with Crippen molar-refractivity contribution in [3.63, 3.8) is 0 Å². The van der Waals surface area contributed by atoms with Crippen molar-refractivity contribution >= 4 is 5.91 Å². The zero-order valence-electron chi connectivity index (χ0n) is 16.8. The molecule has 2 fully saturated rings. The van der Waals surface area contributed by atoms with Crippen molar-refractivity contribution in [3.05, 3.63) is 46.8 Å². The van der Waals surface area contributed by atoms with Gasteiger partial charge in [-0.15, -0.1) is 5.10 Å². The molecule has 2 saturated heterocycles. The van der Waals surface area contributed by atoms with Gasteiger partial charge in [0.15, 0.2) is 5.69 Å². The molecule has 4 rings (SSSR count). The number of piperidine rings is 1. The third-order valence-electron chi connectivity index (χ3n) is 5.78. The Balaban J connectivity index is 1.41. The van der Waals surface area contributed by atoms with E-state index in [1.165, 1.54) is 16.7 Å². The van der Waals surface area contributed by atoms with E-state index in [2.05, 4.69) is 47.3 Å². The Morgan fingerprint density at radius 1 is 1.21 bits per heavy atom. The summed E-state index contributed by atoms with van der Waals surface area (Å²) in [5.74, 6) is -0.0439. The van der Waals surface area contributed by atoms with Gasteiger partial charge in [-0.1, -0.05) is 29.0 Å². The third-order valence-corrected chi connectivity index (χ3v) is 5.78. The first kappa shape index (κ1) is 19.1. The summed E-state index contributed by atoms with van der Waals surface area (Å²) >= 11 is 0. The molecule has 0 N–H and O–H groups in total. The number of likely N-dealkylation sites (tertiary alicyclic amines) is 1. The van der Waals surface area contributed by atoms with E-state index >= 15 is 0 Å². The zero-order chi connectivity index (χ0) is 19.5. The number of rotatable bonds is 4. The lowest BCUT2D eigenvalue weighted by molar-refractivity contribution is 0.0299. The molecule has 28 heavy (non-hydrogen) atoms. The molecule has 7 heteroatoms. The molecule has 1 unspecified atom stereocenters. The van der Waals surface area contributed by atoms with Crippen LogP contribution in [0.4, 0.5) is 0 Å². The molecule has 3 heterocycles. The SMILES string of the molecule is Cc1ccc(C)c(CN2CCCC(n3cc(C(=O)N4CCOCC4)nn3)C2)c1. The van der Waals surface area contributed by atoms with Gasteiger partial charge in [0.05, 0.1) is 25.5 Å². The molecule has 7 nitrogen and oxygen atoms in total. The maximum atomic E-state index is 12.6. The molecule has 0 bridgehead atoms. The highest BCUT2D eigenvalue weighted by Crippen LogP contribution is 2.23. The highest BCUT2D eigenvalue weighted by molar-refractivity contribution is 5.92. The molecule has 1 atom stereocenters. The molecule has 1 aromatic heterocycles. The van der Waals surface area contributed by atoms with Gasteiger partial charge in [-0.2, -0.15) is 0 Å². The lowest BCUT2D eigenvalue weighted by atomic mass is 10.0. The summed E-state index contributed by atoms with van der Waals surface area (Å²) in [4.78, 5) is 16.9. The van der Waals surface area contributed by atoms with Crippen molar-refractivity contribution in [2.75, 3.05) is 39.4 Å². The predicted octanol–water partition coefficient (Wildman–Crippen LogP) is 2.20. The van der Waals surface area contributed by atoms with Gasteiger partial charge in [0, 0.05) is 26.2 Å². The van der Waals surface area contributed by atoms with Gasteiger partial charge in [0.1, 0.15) is 0 Å². The van der Waals surface area contributed by atoms with Crippen LogP contribution in [0.2, 0.25) is 0 Å². The standard InChI is InChI=1S/C21H29N5O2/c1-16-5-6-17(2)18(12-16)13-24-7-3-4-19(14-24)26-15-20(22-23-26)21(27)25-8-10-28-11-9-25/h5-6,12,15,19H,3-4,7-11,13-14H2,1-2H3. The number of benzene rings is 1. The van der Waals surface area contributed by atoms with E-state index < -0.39 is 0 Å². The molecular formula is C21H29N5O2. The number of carbonyl (C=O) groups is 1. The molecule has 2 aliphatic rings. The molecule has 150 valence electrons. The number of amides is 1. The lowest BCUT2D eigenvalue weighted by Gasteiger charge is -2.33. The largest absolute Gasteiger partial charge is 0.378 e. The second-order valence-electron chi connectivity index (χ2n) is 7.95. The first-order chi connectivity index (χ1) is 13.6. The fraction of sp³-hybridized carbons (Fsp3) is 0.571. The van der Waals surface area contributed by atoms with E-state index in [0.717, 1.165) is 32.5 Å². The Labute approximate surface area is 166 Å². The molecule has 2 aromatic rings. The maximum Gasteiger partial charge on any atom is 0.276 e. The van der Waals surface area contributed by atoms with Crippen LogP contribution in [0, 0.1) is 13.8 Å². The number of hydrogen-bond donors (Lipinski definition) is 0. The average molecular weight is 383 g/mol. The van der Waals surface area contributed by atoms with Gasteiger partial charge in [-0.25, -0.2) is 4.68 Å². The molecule has 1 aromatic carbocycles. The van der Waals surface area contributed by atoms with E-state index in [4.69, 9.17) is 4.74 Å². The van der Waals surface area contributed by atoms with Crippen LogP contribution in [0.3, 0.4) is 0 Å². The van der Waals surface area contributed by atoms with Crippen molar-refractivity contribution in [1.29, 1.82) is 0 Å². The van der Waals surface area contributed by atoms with Crippen molar-refractivity contribution in [2.24, 2.45) is 0 Å². The van der Waals surface area contributed by atoms with E-state index in [-0.39, 0.29) is 11.9 Å². The summed E-state index contributed by atoms with van der Waals surface area (Å²) in [5, 5.41) is 8.45. The van der Waals surface area contributed by atoms with Crippen LogP contribution < -0.4 is 0 Å². The highest BCUT2D eigenvalue weighted by atomic mass is 16.5. The summed E-state index contributed by atoms with van der Waals surface area (Å²) in [7, 11) is 0. The van der Waals surface area contributed by atoms with Crippen LogP contribution in [-0.4, -0.2) is 70.1 Å². The Hall–Kier alpha value is -2.25. The summed E-state index contributed by atoms with van der Waals surface area (Å²) < 4.78 is 7.21. The summed E-state index contributed by atoms with van der Waals surface area (Å²) in [5.41, 5.74) is 4.47. The normalized spacial score (nSPS) is 21.1. The second-order valence-corrected chi connectivity index (χ2v) is 7.95. The van der Waals surface area contributed by atoms with Crippen LogP contribution in [-0.2, 0) is 11.3 Å². The Kier molecular flexibility index (Phi) is 5.73. The lowest BCUT2D eigenvalue weighted by Crippen LogP contribution is -2.40. The molecule has 0 aliphatic carbocycles. The molecule has 1 amide bonds. The van der Waals surface area contributed by atoms with Crippen LogP contribution in [0.25, 0.3) is 0 Å². The predicted molar refractivity (Wildman–Crippen MR) is 106 cm³/mol. The fourth-order valence-corrected chi connectivity index (χ4v) is 4.08. The number of aromatic nitrogens is 3. The van der Waals surface area contributed by atoms with Crippen LogP contribution in [0.1, 0.15) is 46.1 Å². The maximum absolute atomic E-state index is 12.6. The number of nitrogens with zero attached hydrogens (tertiary/aromatic N) is 5. The Bertz CT molecular complexity index is 828. The van der Waals surface area contributed by atoms with Crippen molar-refractivity contribution in [3.8, 4) is 0 Å². The molecule has 0 saturated carbocycles. The summed E-state index contributed by atoms with van der Waals surface area (Å²) in [6.07, 6.45) is 4.02. The van der Waals surface area contributed by atoms with Gasteiger partial charge in [-0.05, 0) is 44.4 Å².